The topological polar surface area (TPSA) is 61.2 Å². The molecule has 0 unspecified atom stereocenters. The van der Waals surface area contributed by atoms with E-state index in [1.165, 1.54) is 16.9 Å². The molecule has 0 aliphatic carbocycles. The first-order valence-electron chi connectivity index (χ1n) is 9.36. The van der Waals surface area contributed by atoms with Crippen LogP contribution in [0.4, 0.5) is 0 Å². The minimum Gasteiger partial charge on any atom is -0.462 e. The van der Waals surface area contributed by atoms with Gasteiger partial charge in [0.2, 0.25) is 0 Å². The van der Waals surface area contributed by atoms with E-state index >= 15 is 0 Å². The highest BCUT2D eigenvalue weighted by Crippen LogP contribution is 2.30. The molecule has 0 fully saturated rings. The second-order valence-corrected chi connectivity index (χ2v) is 7.65. The zero-order chi connectivity index (χ0) is 20.4. The summed E-state index contributed by atoms with van der Waals surface area (Å²) < 4.78 is 6.61. The van der Waals surface area contributed by atoms with Crippen molar-refractivity contribution in [2.45, 2.75) is 20.4 Å². The molecule has 0 aliphatic heterocycles. The maximum atomic E-state index is 13.2. The molecule has 5 nitrogen and oxygen atoms in total. The van der Waals surface area contributed by atoms with Crippen LogP contribution >= 0.6 is 11.3 Å². The van der Waals surface area contributed by atoms with Gasteiger partial charge in [-0.2, -0.15) is 0 Å². The summed E-state index contributed by atoms with van der Waals surface area (Å²) in [5.74, 6) is -0.347. The van der Waals surface area contributed by atoms with Crippen LogP contribution < -0.4 is 5.56 Å². The van der Waals surface area contributed by atoms with Gasteiger partial charge >= 0.3 is 5.97 Å². The van der Waals surface area contributed by atoms with Crippen LogP contribution in [-0.2, 0) is 11.3 Å². The summed E-state index contributed by atoms with van der Waals surface area (Å²) in [6.45, 7) is 4.54. The van der Waals surface area contributed by atoms with Gasteiger partial charge in [-0.05, 0) is 37.1 Å². The van der Waals surface area contributed by atoms with Crippen molar-refractivity contribution >= 4 is 27.5 Å². The Kier molecular flexibility index (Phi) is 5.27. The van der Waals surface area contributed by atoms with Crippen LogP contribution in [0, 0.1) is 6.92 Å². The third kappa shape index (κ3) is 3.84. The van der Waals surface area contributed by atoms with Crippen molar-refractivity contribution in [3.8, 4) is 11.1 Å². The zero-order valence-corrected chi connectivity index (χ0v) is 17.0. The molecule has 4 aromatic rings. The van der Waals surface area contributed by atoms with Crippen molar-refractivity contribution in [1.82, 2.24) is 9.55 Å². The van der Waals surface area contributed by atoms with Crippen molar-refractivity contribution in [2.75, 3.05) is 6.61 Å². The lowest BCUT2D eigenvalue weighted by Crippen LogP contribution is -2.21. The number of fused-ring (bicyclic) bond motifs is 1. The summed E-state index contributed by atoms with van der Waals surface area (Å²) in [4.78, 5) is 30.2. The van der Waals surface area contributed by atoms with E-state index in [1.54, 1.807) is 30.0 Å². The van der Waals surface area contributed by atoms with Gasteiger partial charge in [0.1, 0.15) is 4.83 Å². The molecule has 0 radical (unpaired) electrons. The molecular weight excluding hydrogens is 384 g/mol. The van der Waals surface area contributed by atoms with Crippen molar-refractivity contribution in [3.05, 3.63) is 87.3 Å². The number of esters is 1. The summed E-state index contributed by atoms with van der Waals surface area (Å²) in [6.07, 6.45) is 1.58. The summed E-state index contributed by atoms with van der Waals surface area (Å²) >= 11 is 1.48. The molecule has 2 aromatic heterocycles. The normalized spacial score (nSPS) is 11.0. The number of hydrogen-bond donors (Lipinski definition) is 0. The SMILES string of the molecule is CCOC(=O)c1ccc(Cn2cnc3scc(-c4ccc(C)cc4)c3c2=O)cc1. The highest BCUT2D eigenvalue weighted by molar-refractivity contribution is 7.17. The Labute approximate surface area is 172 Å². The first-order valence-corrected chi connectivity index (χ1v) is 10.2. The van der Waals surface area contributed by atoms with E-state index in [4.69, 9.17) is 4.74 Å². The second-order valence-electron chi connectivity index (χ2n) is 6.79. The largest absolute Gasteiger partial charge is 0.462 e. The molecule has 0 atom stereocenters. The number of carbonyl (C=O) groups excluding carboxylic acids is 1. The molecule has 2 aromatic carbocycles. The van der Waals surface area contributed by atoms with Gasteiger partial charge in [-0.3, -0.25) is 9.36 Å². The predicted molar refractivity (Wildman–Crippen MR) is 116 cm³/mol. The number of thiophene rings is 1. The number of hydrogen-bond acceptors (Lipinski definition) is 5. The number of carbonyl (C=O) groups is 1. The van der Waals surface area contributed by atoms with E-state index in [2.05, 4.69) is 4.98 Å². The summed E-state index contributed by atoms with van der Waals surface area (Å²) in [5.41, 5.74) is 4.44. The molecule has 0 saturated heterocycles. The maximum Gasteiger partial charge on any atom is 0.338 e. The molecule has 0 bridgehead atoms. The fourth-order valence-electron chi connectivity index (χ4n) is 3.18. The van der Waals surface area contributed by atoms with E-state index in [9.17, 15) is 9.59 Å². The van der Waals surface area contributed by atoms with E-state index in [0.29, 0.717) is 24.1 Å². The van der Waals surface area contributed by atoms with Crippen LogP contribution in [0.2, 0.25) is 0 Å². The average molecular weight is 404 g/mol. The third-order valence-electron chi connectivity index (χ3n) is 4.74. The highest BCUT2D eigenvalue weighted by Gasteiger charge is 2.14. The smallest absolute Gasteiger partial charge is 0.338 e. The van der Waals surface area contributed by atoms with Crippen LogP contribution in [0.25, 0.3) is 21.3 Å². The second kappa shape index (κ2) is 8.01. The Bertz CT molecular complexity index is 1220. The monoisotopic (exact) mass is 404 g/mol. The number of aromatic nitrogens is 2. The molecule has 2 heterocycles. The lowest BCUT2D eigenvalue weighted by atomic mass is 10.1. The van der Waals surface area contributed by atoms with Gasteiger partial charge in [-0.1, -0.05) is 42.0 Å². The summed E-state index contributed by atoms with van der Waals surface area (Å²) in [6, 6.07) is 15.2. The van der Waals surface area contributed by atoms with Crippen molar-refractivity contribution in [1.29, 1.82) is 0 Å². The lowest BCUT2D eigenvalue weighted by molar-refractivity contribution is 0.0526. The molecular formula is C23H20N2O3S. The number of rotatable bonds is 5. The van der Waals surface area contributed by atoms with E-state index in [1.807, 2.05) is 48.7 Å². The van der Waals surface area contributed by atoms with Crippen LogP contribution in [0.5, 0.6) is 0 Å². The fraction of sp³-hybridized carbons (Fsp3) is 0.174. The number of ether oxygens (including phenoxy) is 1. The van der Waals surface area contributed by atoms with E-state index in [0.717, 1.165) is 21.5 Å². The Balaban J connectivity index is 1.67. The van der Waals surface area contributed by atoms with Crippen LogP contribution in [-0.4, -0.2) is 22.1 Å². The Morgan fingerprint density at radius 2 is 1.83 bits per heavy atom. The maximum absolute atomic E-state index is 13.2. The Hall–Kier alpha value is -3.25. The van der Waals surface area contributed by atoms with Crippen LogP contribution in [0.15, 0.2) is 65.0 Å². The van der Waals surface area contributed by atoms with Gasteiger partial charge in [0.15, 0.2) is 0 Å². The molecule has 0 amide bonds. The van der Waals surface area contributed by atoms with Crippen LogP contribution in [0.3, 0.4) is 0 Å². The van der Waals surface area contributed by atoms with Gasteiger partial charge in [-0.15, -0.1) is 11.3 Å². The number of benzene rings is 2. The van der Waals surface area contributed by atoms with Gasteiger partial charge in [0.25, 0.3) is 5.56 Å². The van der Waals surface area contributed by atoms with E-state index in [-0.39, 0.29) is 11.5 Å². The van der Waals surface area contributed by atoms with Crippen molar-refractivity contribution < 1.29 is 9.53 Å². The van der Waals surface area contributed by atoms with Gasteiger partial charge in [-0.25, -0.2) is 9.78 Å². The number of aryl methyl sites for hydroxylation is 1. The lowest BCUT2D eigenvalue weighted by Gasteiger charge is -2.08. The zero-order valence-electron chi connectivity index (χ0n) is 16.2. The summed E-state index contributed by atoms with van der Waals surface area (Å²) in [7, 11) is 0. The minimum atomic E-state index is -0.347. The standard InChI is InChI=1S/C23H20N2O3S/c1-3-28-23(27)18-10-6-16(7-11-18)12-25-14-24-21-20(22(25)26)19(13-29-21)17-8-4-15(2)5-9-17/h4-11,13-14H,3,12H2,1-2H3. The molecule has 0 aliphatic rings. The molecule has 0 saturated carbocycles. The van der Waals surface area contributed by atoms with Gasteiger partial charge in [0.05, 0.1) is 30.4 Å². The minimum absolute atomic E-state index is 0.0682. The van der Waals surface area contributed by atoms with Gasteiger partial charge < -0.3 is 4.74 Å². The highest BCUT2D eigenvalue weighted by atomic mass is 32.1. The van der Waals surface area contributed by atoms with Gasteiger partial charge in [0, 0.05) is 10.9 Å². The quantitative estimate of drug-likeness (QED) is 0.454. The summed E-state index contributed by atoms with van der Waals surface area (Å²) in [5, 5.41) is 2.63. The van der Waals surface area contributed by atoms with Crippen LogP contribution in [0.1, 0.15) is 28.4 Å². The van der Waals surface area contributed by atoms with Crippen molar-refractivity contribution in [2.24, 2.45) is 0 Å². The fourth-order valence-corrected chi connectivity index (χ4v) is 4.09. The first-order chi connectivity index (χ1) is 14.1. The Morgan fingerprint density at radius 3 is 2.52 bits per heavy atom. The third-order valence-corrected chi connectivity index (χ3v) is 5.63. The Morgan fingerprint density at radius 1 is 1.10 bits per heavy atom. The first kappa shape index (κ1) is 19.1. The average Bonchev–Trinajstić information content (AvgIpc) is 3.16. The molecule has 6 heteroatoms. The van der Waals surface area contributed by atoms with Crippen molar-refractivity contribution in [3.63, 3.8) is 0 Å². The number of nitrogens with zero attached hydrogens (tertiary/aromatic N) is 2. The predicted octanol–water partition coefficient (Wildman–Crippen LogP) is 4.66. The molecule has 0 N–H and O–H groups in total. The molecule has 146 valence electrons. The van der Waals surface area contributed by atoms with E-state index < -0.39 is 0 Å². The molecule has 4 rings (SSSR count). The molecule has 0 spiro atoms. The molecule has 29 heavy (non-hydrogen) atoms.